The van der Waals surface area contributed by atoms with E-state index in [0.29, 0.717) is 47.3 Å². The van der Waals surface area contributed by atoms with E-state index in [0.717, 1.165) is 21.8 Å². The molecule has 0 bridgehead atoms. The Labute approximate surface area is 218 Å². The van der Waals surface area contributed by atoms with Gasteiger partial charge in [-0.05, 0) is 35.6 Å². The third kappa shape index (κ3) is 6.01. The van der Waals surface area contributed by atoms with Crippen molar-refractivity contribution in [3.63, 3.8) is 0 Å². The van der Waals surface area contributed by atoms with E-state index in [9.17, 15) is 14.7 Å². The Bertz CT molecular complexity index is 1270. The highest BCUT2D eigenvalue weighted by Crippen LogP contribution is 2.39. The third-order valence-corrected chi connectivity index (χ3v) is 7.92. The number of amides is 2. The molecule has 3 heterocycles. The van der Waals surface area contributed by atoms with E-state index >= 15 is 0 Å². The molecule has 0 saturated carbocycles. The topological polar surface area (TPSA) is 103 Å². The van der Waals surface area contributed by atoms with Gasteiger partial charge in [0.15, 0.2) is 0 Å². The second-order valence-electron chi connectivity index (χ2n) is 9.50. The summed E-state index contributed by atoms with van der Waals surface area (Å²) in [7, 11) is 0. The minimum absolute atomic E-state index is 0.0541. The second kappa shape index (κ2) is 10.9. The van der Waals surface area contributed by atoms with Crippen molar-refractivity contribution in [2.24, 2.45) is 5.10 Å². The molecule has 0 unspecified atom stereocenters. The molecular formula is C26H30N4O4S2. The summed E-state index contributed by atoms with van der Waals surface area (Å²) in [6, 6.07) is 11.4. The molecule has 190 valence electrons. The lowest BCUT2D eigenvalue weighted by Gasteiger charge is -2.26. The number of ether oxygens (including phenoxy) is 1. The normalized spacial score (nSPS) is 15.1. The monoisotopic (exact) mass is 526 g/mol. The Morgan fingerprint density at radius 1 is 1.03 bits per heavy atom. The number of morpholine rings is 1. The van der Waals surface area contributed by atoms with E-state index in [2.05, 4.69) is 48.9 Å². The summed E-state index contributed by atoms with van der Waals surface area (Å²) in [5, 5.41) is 18.6. The Balaban J connectivity index is 1.40. The lowest BCUT2D eigenvalue weighted by Crippen LogP contribution is -2.48. The van der Waals surface area contributed by atoms with Crippen LogP contribution in [0.25, 0.3) is 10.4 Å². The number of nitrogens with zero attached hydrogens (tertiary/aromatic N) is 2. The van der Waals surface area contributed by atoms with Gasteiger partial charge >= 0.3 is 0 Å². The summed E-state index contributed by atoms with van der Waals surface area (Å²) in [6.07, 6.45) is 0. The van der Waals surface area contributed by atoms with Crippen molar-refractivity contribution in [3.8, 4) is 16.2 Å². The Morgan fingerprint density at radius 3 is 2.31 bits per heavy atom. The van der Waals surface area contributed by atoms with Gasteiger partial charge < -0.3 is 9.84 Å². The maximum absolute atomic E-state index is 12.6. The molecule has 1 aliphatic heterocycles. The number of hydrazone groups is 1. The molecule has 1 aliphatic rings. The van der Waals surface area contributed by atoms with Crippen LogP contribution in [0, 0.1) is 0 Å². The van der Waals surface area contributed by atoms with Gasteiger partial charge in [-0.25, -0.2) is 10.4 Å². The highest BCUT2D eigenvalue weighted by Gasteiger charge is 2.19. The zero-order valence-corrected chi connectivity index (χ0v) is 22.4. The SMILES string of the molecule is C/C(=N\NC(=O)c1ccc(C(=O)NN2CCOCC2)s1)c1csc(-c2ccc(C(C)(C)C)cc2)c1O. The number of nitrogens with one attached hydrogen (secondary N) is 2. The minimum Gasteiger partial charge on any atom is -0.506 e. The van der Waals surface area contributed by atoms with Crippen LogP contribution in [0.4, 0.5) is 0 Å². The first-order valence-electron chi connectivity index (χ1n) is 11.6. The molecular weight excluding hydrogens is 496 g/mol. The van der Waals surface area contributed by atoms with Crippen LogP contribution in [0.3, 0.4) is 0 Å². The lowest BCUT2D eigenvalue weighted by atomic mass is 9.86. The second-order valence-corrected chi connectivity index (χ2v) is 11.5. The van der Waals surface area contributed by atoms with Gasteiger partial charge in [0.2, 0.25) is 0 Å². The average Bonchev–Trinajstić information content (AvgIpc) is 3.50. The summed E-state index contributed by atoms with van der Waals surface area (Å²) in [5.74, 6) is -0.540. The zero-order valence-electron chi connectivity index (χ0n) is 20.8. The quantitative estimate of drug-likeness (QED) is 0.322. The molecule has 4 rings (SSSR count). The number of thiophene rings is 2. The van der Waals surface area contributed by atoms with E-state index in [-0.39, 0.29) is 17.1 Å². The van der Waals surface area contributed by atoms with Crippen LogP contribution in [0.1, 0.15) is 58.2 Å². The summed E-state index contributed by atoms with van der Waals surface area (Å²) >= 11 is 2.52. The molecule has 1 fully saturated rings. The average molecular weight is 527 g/mol. The molecule has 8 nitrogen and oxygen atoms in total. The van der Waals surface area contributed by atoms with Gasteiger partial charge in [0.25, 0.3) is 11.8 Å². The zero-order chi connectivity index (χ0) is 25.9. The fraction of sp³-hybridized carbons (Fsp3) is 0.346. The molecule has 0 radical (unpaired) electrons. The molecule has 2 amide bonds. The van der Waals surface area contributed by atoms with Crippen molar-refractivity contribution in [1.82, 2.24) is 15.9 Å². The van der Waals surface area contributed by atoms with Crippen LogP contribution in [-0.2, 0) is 10.2 Å². The fourth-order valence-corrected chi connectivity index (χ4v) is 5.44. The number of benzene rings is 1. The van der Waals surface area contributed by atoms with Gasteiger partial charge in [-0.15, -0.1) is 22.7 Å². The van der Waals surface area contributed by atoms with E-state index < -0.39 is 5.91 Å². The number of hydrogen-bond donors (Lipinski definition) is 3. The van der Waals surface area contributed by atoms with Crippen LogP contribution in [0.15, 0.2) is 46.9 Å². The predicted octanol–water partition coefficient (Wildman–Crippen LogP) is 4.61. The predicted molar refractivity (Wildman–Crippen MR) is 144 cm³/mol. The number of carbonyl (C=O) groups excluding carboxylic acids is 2. The Morgan fingerprint density at radius 2 is 1.67 bits per heavy atom. The smallest absolute Gasteiger partial charge is 0.281 e. The van der Waals surface area contributed by atoms with Gasteiger partial charge in [0, 0.05) is 18.5 Å². The molecule has 1 saturated heterocycles. The van der Waals surface area contributed by atoms with Gasteiger partial charge in [-0.1, -0.05) is 45.0 Å². The van der Waals surface area contributed by atoms with Crippen molar-refractivity contribution in [2.75, 3.05) is 26.3 Å². The molecule has 3 N–H and O–H groups in total. The van der Waals surface area contributed by atoms with Crippen molar-refractivity contribution in [1.29, 1.82) is 0 Å². The van der Waals surface area contributed by atoms with E-state index in [1.807, 2.05) is 17.5 Å². The molecule has 0 spiro atoms. The highest BCUT2D eigenvalue weighted by atomic mass is 32.1. The minimum atomic E-state index is -0.419. The van der Waals surface area contributed by atoms with Crippen molar-refractivity contribution in [2.45, 2.75) is 33.1 Å². The van der Waals surface area contributed by atoms with Crippen LogP contribution in [0.5, 0.6) is 5.75 Å². The standard InChI is InChI=1S/C26H30N4O4S2/c1-16(19-15-35-23(22(19)31)17-5-7-18(8-6-17)26(2,3)4)27-28-24(32)20-9-10-21(36-20)25(33)29-30-11-13-34-14-12-30/h5-10,15,31H,11-14H2,1-4H3,(H,28,32)(H,29,33)/b27-16+. The van der Waals surface area contributed by atoms with Crippen LogP contribution < -0.4 is 10.9 Å². The maximum atomic E-state index is 12.6. The highest BCUT2D eigenvalue weighted by molar-refractivity contribution is 7.16. The number of rotatable bonds is 6. The van der Waals surface area contributed by atoms with Crippen molar-refractivity contribution >= 4 is 40.2 Å². The van der Waals surface area contributed by atoms with Gasteiger partial charge in [0.1, 0.15) is 5.75 Å². The fourth-order valence-electron chi connectivity index (χ4n) is 3.64. The van der Waals surface area contributed by atoms with E-state index in [1.54, 1.807) is 24.1 Å². The summed E-state index contributed by atoms with van der Waals surface area (Å²) < 4.78 is 5.28. The van der Waals surface area contributed by atoms with Crippen molar-refractivity contribution in [3.05, 3.63) is 62.7 Å². The number of carbonyl (C=O) groups is 2. The van der Waals surface area contributed by atoms with Gasteiger partial charge in [-0.2, -0.15) is 5.10 Å². The third-order valence-electron chi connectivity index (χ3n) is 5.82. The molecule has 0 atom stereocenters. The largest absolute Gasteiger partial charge is 0.506 e. The Kier molecular flexibility index (Phi) is 7.89. The maximum Gasteiger partial charge on any atom is 0.281 e. The Hall–Kier alpha value is -3.05. The molecule has 1 aromatic carbocycles. The lowest BCUT2D eigenvalue weighted by molar-refractivity contribution is 0.0127. The number of hydrogen-bond acceptors (Lipinski definition) is 8. The van der Waals surface area contributed by atoms with Crippen LogP contribution in [0.2, 0.25) is 0 Å². The van der Waals surface area contributed by atoms with Crippen LogP contribution >= 0.6 is 22.7 Å². The first-order chi connectivity index (χ1) is 17.1. The first kappa shape index (κ1) is 26.0. The molecule has 10 heteroatoms. The van der Waals surface area contributed by atoms with Gasteiger partial charge in [-0.3, -0.25) is 15.0 Å². The molecule has 3 aromatic rings. The van der Waals surface area contributed by atoms with Crippen LogP contribution in [-0.4, -0.2) is 53.9 Å². The summed E-state index contributed by atoms with van der Waals surface area (Å²) in [4.78, 5) is 26.6. The summed E-state index contributed by atoms with van der Waals surface area (Å²) in [5.41, 5.74) is 8.60. The van der Waals surface area contributed by atoms with E-state index in [4.69, 9.17) is 4.74 Å². The van der Waals surface area contributed by atoms with Crippen molar-refractivity contribution < 1.29 is 19.4 Å². The number of aromatic hydroxyl groups is 1. The molecule has 2 aromatic heterocycles. The summed E-state index contributed by atoms with van der Waals surface area (Å²) in [6.45, 7) is 10.6. The van der Waals surface area contributed by atoms with Gasteiger partial charge in [0.05, 0.1) is 39.1 Å². The molecule has 36 heavy (non-hydrogen) atoms. The van der Waals surface area contributed by atoms with E-state index in [1.165, 1.54) is 16.9 Å². The number of hydrazine groups is 1. The first-order valence-corrected chi connectivity index (χ1v) is 13.3. The molecule has 0 aliphatic carbocycles.